The Kier molecular flexibility index (Phi) is 6.42. The molecule has 0 bridgehead atoms. The summed E-state index contributed by atoms with van der Waals surface area (Å²) in [6.45, 7) is 0.677. The number of urea groups is 1. The quantitative estimate of drug-likeness (QED) is 0.609. The van der Waals surface area contributed by atoms with Gasteiger partial charge in [0.1, 0.15) is 12.0 Å². The average Bonchev–Trinajstić information content (AvgIpc) is 2.54. The fourth-order valence-corrected chi connectivity index (χ4v) is 2.74. The predicted octanol–water partition coefficient (Wildman–Crippen LogP) is 3.54. The van der Waals surface area contributed by atoms with Gasteiger partial charge in [-0.2, -0.15) is 5.32 Å². The van der Waals surface area contributed by atoms with Crippen molar-refractivity contribution in [2.24, 2.45) is 0 Å². The summed E-state index contributed by atoms with van der Waals surface area (Å²) < 4.78 is 0.319. The zero-order valence-electron chi connectivity index (χ0n) is 13.3. The summed E-state index contributed by atoms with van der Waals surface area (Å²) in [6, 6.07) is 6.03. The zero-order valence-corrected chi connectivity index (χ0v) is 15.6. The van der Waals surface area contributed by atoms with E-state index >= 15 is 0 Å². The van der Waals surface area contributed by atoms with E-state index in [2.05, 4.69) is 5.32 Å². The third-order valence-electron chi connectivity index (χ3n) is 3.16. The van der Waals surface area contributed by atoms with Crippen molar-refractivity contribution in [2.75, 3.05) is 11.9 Å². The first-order valence-electron chi connectivity index (χ1n) is 7.15. The number of rotatable bonds is 4. The second-order valence-corrected chi connectivity index (χ2v) is 6.43. The molecule has 10 heteroatoms. The second-order valence-electron chi connectivity index (χ2n) is 5.18. The Bertz CT molecular complexity index is 869. The third-order valence-corrected chi connectivity index (χ3v) is 4.01. The number of carbonyl (C=O) groups excluding carboxylic acids is 3. The minimum atomic E-state index is -0.992. The molecule has 3 amide bonds. The SMILES string of the molecule is CC(=O)CN(C(=O)Nc1ccc(Cl)c[n+]1[O-])C(=O)c1c(Cl)cccc1Cl. The van der Waals surface area contributed by atoms with E-state index in [9.17, 15) is 19.6 Å². The molecule has 0 radical (unpaired) electrons. The highest BCUT2D eigenvalue weighted by atomic mass is 35.5. The van der Waals surface area contributed by atoms with Gasteiger partial charge < -0.3 is 5.21 Å². The molecule has 0 aliphatic carbocycles. The standard InChI is InChI=1S/C16H12Cl3N3O4/c1-9(23)7-21(15(24)14-11(18)3-2-4-12(14)19)16(25)20-13-6-5-10(17)8-22(13)26/h2-6,8H,7H2,1H3,(H,20,25). The highest BCUT2D eigenvalue weighted by Gasteiger charge is 2.30. The summed E-state index contributed by atoms with van der Waals surface area (Å²) in [7, 11) is 0. The lowest BCUT2D eigenvalue weighted by atomic mass is 10.2. The van der Waals surface area contributed by atoms with Crippen LogP contribution in [0.1, 0.15) is 17.3 Å². The number of ketones is 1. The van der Waals surface area contributed by atoms with Crippen LogP contribution in [-0.4, -0.2) is 29.2 Å². The lowest BCUT2D eigenvalue weighted by Gasteiger charge is -2.19. The number of amides is 3. The van der Waals surface area contributed by atoms with Crippen LogP contribution in [0.25, 0.3) is 0 Å². The van der Waals surface area contributed by atoms with E-state index in [1.54, 1.807) is 0 Å². The van der Waals surface area contributed by atoms with E-state index < -0.39 is 24.3 Å². The van der Waals surface area contributed by atoms with Gasteiger partial charge in [0.25, 0.3) is 11.7 Å². The number of aromatic nitrogens is 1. The average molecular weight is 417 g/mol. The van der Waals surface area contributed by atoms with Crippen LogP contribution >= 0.6 is 34.8 Å². The molecule has 1 heterocycles. The summed E-state index contributed by atoms with van der Waals surface area (Å²) in [6.07, 6.45) is 1.03. The van der Waals surface area contributed by atoms with Gasteiger partial charge in [-0.05, 0) is 25.1 Å². The summed E-state index contributed by atoms with van der Waals surface area (Å²) in [5.74, 6) is -1.51. The molecule has 1 aromatic carbocycles. The number of benzene rings is 1. The number of hydrogen-bond donors (Lipinski definition) is 1. The highest BCUT2D eigenvalue weighted by molar-refractivity contribution is 6.40. The Hall–Kier alpha value is -2.35. The van der Waals surface area contributed by atoms with Gasteiger partial charge in [-0.1, -0.05) is 40.9 Å². The molecule has 0 aliphatic rings. The van der Waals surface area contributed by atoms with Crippen LogP contribution in [0, 0.1) is 5.21 Å². The highest BCUT2D eigenvalue weighted by Crippen LogP contribution is 2.26. The Labute approximate surface area is 163 Å². The maximum absolute atomic E-state index is 12.7. The van der Waals surface area contributed by atoms with E-state index in [4.69, 9.17) is 34.8 Å². The van der Waals surface area contributed by atoms with Gasteiger partial charge in [0.05, 0.1) is 27.2 Å². The van der Waals surface area contributed by atoms with Crippen molar-refractivity contribution in [3.63, 3.8) is 0 Å². The fraction of sp³-hybridized carbons (Fsp3) is 0.125. The number of pyridine rings is 1. The van der Waals surface area contributed by atoms with Crippen molar-refractivity contribution in [1.82, 2.24) is 4.90 Å². The van der Waals surface area contributed by atoms with Crippen molar-refractivity contribution in [2.45, 2.75) is 6.92 Å². The van der Waals surface area contributed by atoms with E-state index in [-0.39, 0.29) is 26.4 Å². The Morgan fingerprint density at radius 3 is 2.27 bits per heavy atom. The first kappa shape index (κ1) is 20.0. The minimum Gasteiger partial charge on any atom is -0.711 e. The Morgan fingerprint density at radius 2 is 1.73 bits per heavy atom. The molecule has 0 unspecified atom stereocenters. The molecule has 0 spiro atoms. The van der Waals surface area contributed by atoms with E-state index in [0.717, 1.165) is 6.20 Å². The molecule has 2 aromatic rings. The second kappa shape index (κ2) is 8.35. The number of hydrogen-bond acceptors (Lipinski definition) is 4. The number of nitrogens with zero attached hydrogens (tertiary/aromatic N) is 2. The molecule has 0 saturated heterocycles. The fourth-order valence-electron chi connectivity index (χ4n) is 2.03. The lowest BCUT2D eigenvalue weighted by Crippen LogP contribution is -2.45. The molecular weight excluding hydrogens is 405 g/mol. The van der Waals surface area contributed by atoms with Gasteiger partial charge in [0.15, 0.2) is 0 Å². The van der Waals surface area contributed by atoms with Crippen molar-refractivity contribution >= 4 is 58.3 Å². The van der Waals surface area contributed by atoms with Crippen molar-refractivity contribution in [1.29, 1.82) is 0 Å². The van der Waals surface area contributed by atoms with E-state index in [0.29, 0.717) is 9.63 Å². The number of anilines is 1. The molecule has 7 nitrogen and oxygen atoms in total. The molecular formula is C16H12Cl3N3O4. The molecule has 0 saturated carbocycles. The molecule has 26 heavy (non-hydrogen) atoms. The normalized spacial score (nSPS) is 10.3. The van der Waals surface area contributed by atoms with Gasteiger partial charge >= 0.3 is 6.03 Å². The van der Waals surface area contributed by atoms with Crippen LogP contribution in [0.5, 0.6) is 0 Å². The lowest BCUT2D eigenvalue weighted by molar-refractivity contribution is -0.589. The summed E-state index contributed by atoms with van der Waals surface area (Å²) in [5.41, 5.74) is -0.127. The number of nitrogens with one attached hydrogen (secondary N) is 1. The molecule has 1 N–H and O–H groups in total. The molecule has 0 aliphatic heterocycles. The summed E-state index contributed by atoms with van der Waals surface area (Å²) >= 11 is 17.7. The van der Waals surface area contributed by atoms with Crippen molar-refractivity contribution in [3.8, 4) is 0 Å². The van der Waals surface area contributed by atoms with Gasteiger partial charge in [-0.3, -0.25) is 9.59 Å². The minimum absolute atomic E-state index is 0.0224. The van der Waals surface area contributed by atoms with Gasteiger partial charge in [0.2, 0.25) is 0 Å². The molecule has 136 valence electrons. The number of carbonyl (C=O) groups is 3. The van der Waals surface area contributed by atoms with E-state index in [1.165, 1.54) is 37.3 Å². The van der Waals surface area contributed by atoms with Crippen LogP contribution in [-0.2, 0) is 4.79 Å². The summed E-state index contributed by atoms with van der Waals surface area (Å²) in [5, 5.41) is 14.2. The Morgan fingerprint density at radius 1 is 1.12 bits per heavy atom. The monoisotopic (exact) mass is 415 g/mol. The van der Waals surface area contributed by atoms with Crippen LogP contribution in [0.2, 0.25) is 15.1 Å². The van der Waals surface area contributed by atoms with Crippen LogP contribution in [0.3, 0.4) is 0 Å². The maximum Gasteiger partial charge on any atom is 0.416 e. The first-order valence-corrected chi connectivity index (χ1v) is 8.29. The number of imide groups is 1. The molecule has 1 aromatic heterocycles. The number of halogens is 3. The van der Waals surface area contributed by atoms with Gasteiger partial charge in [0, 0.05) is 6.07 Å². The summed E-state index contributed by atoms with van der Waals surface area (Å²) in [4.78, 5) is 37.3. The third kappa shape index (κ3) is 4.63. The van der Waals surface area contributed by atoms with Gasteiger partial charge in [-0.15, -0.1) is 0 Å². The van der Waals surface area contributed by atoms with E-state index in [1.807, 2.05) is 0 Å². The van der Waals surface area contributed by atoms with Gasteiger partial charge in [-0.25, -0.2) is 14.4 Å². The van der Waals surface area contributed by atoms with Crippen molar-refractivity contribution in [3.05, 3.63) is 62.4 Å². The topological polar surface area (TPSA) is 93.4 Å². The smallest absolute Gasteiger partial charge is 0.416 e. The molecule has 0 fully saturated rings. The molecule has 0 atom stereocenters. The van der Waals surface area contributed by atoms with Crippen LogP contribution < -0.4 is 10.0 Å². The van der Waals surface area contributed by atoms with Crippen LogP contribution in [0.15, 0.2) is 36.5 Å². The predicted molar refractivity (Wildman–Crippen MR) is 97.6 cm³/mol. The molecule has 2 rings (SSSR count). The van der Waals surface area contributed by atoms with Crippen molar-refractivity contribution < 1.29 is 19.1 Å². The van der Waals surface area contributed by atoms with Crippen LogP contribution in [0.4, 0.5) is 10.6 Å². The maximum atomic E-state index is 12.7. The number of Topliss-reactive ketones (excluding diaryl/α,β-unsaturated/α-hetero) is 1. The zero-order chi connectivity index (χ0) is 19.4. The Balaban J connectivity index is 2.36. The first-order chi connectivity index (χ1) is 12.2. The largest absolute Gasteiger partial charge is 0.711 e.